The van der Waals surface area contributed by atoms with Crippen LogP contribution in [0.1, 0.15) is 39.0 Å². The Bertz CT molecular complexity index is 622. The lowest BCUT2D eigenvalue weighted by molar-refractivity contribution is 0.105. The lowest BCUT2D eigenvalue weighted by Gasteiger charge is -2.37. The molecule has 0 radical (unpaired) electrons. The molecule has 1 aliphatic heterocycles. The lowest BCUT2D eigenvalue weighted by Crippen LogP contribution is -2.44. The van der Waals surface area contributed by atoms with Crippen molar-refractivity contribution >= 4 is 10.9 Å². The van der Waals surface area contributed by atoms with Crippen molar-refractivity contribution in [1.82, 2.24) is 14.9 Å². The molecule has 0 saturated carbocycles. The second-order valence-corrected chi connectivity index (χ2v) is 7.12. The quantitative estimate of drug-likeness (QED) is 0.837. The van der Waals surface area contributed by atoms with Gasteiger partial charge in [-0.25, -0.2) is 0 Å². The molecule has 1 saturated heterocycles. The van der Waals surface area contributed by atoms with Crippen molar-refractivity contribution in [2.24, 2.45) is 5.92 Å². The van der Waals surface area contributed by atoms with E-state index in [0.29, 0.717) is 0 Å². The van der Waals surface area contributed by atoms with Gasteiger partial charge in [-0.3, -0.25) is 14.9 Å². The standard InChI is InChI=1S/C17H23N3/c1-12-9-20(10-12)11-13-7-14-5-6-18-16(17(2,3)4)15(14)19-8-13/h5-8,12H,9-11H2,1-4H3. The van der Waals surface area contributed by atoms with E-state index >= 15 is 0 Å². The minimum Gasteiger partial charge on any atom is -0.298 e. The highest BCUT2D eigenvalue weighted by atomic mass is 15.2. The lowest BCUT2D eigenvalue weighted by atomic mass is 9.90. The largest absolute Gasteiger partial charge is 0.298 e. The molecule has 1 fully saturated rings. The normalized spacial score (nSPS) is 17.4. The predicted octanol–water partition coefficient (Wildman–Crippen LogP) is 3.38. The fourth-order valence-corrected chi connectivity index (χ4v) is 2.96. The van der Waals surface area contributed by atoms with Gasteiger partial charge in [0, 0.05) is 42.8 Å². The molecule has 0 aromatic carbocycles. The molecule has 3 rings (SSSR count). The van der Waals surface area contributed by atoms with Gasteiger partial charge in [0.15, 0.2) is 0 Å². The average Bonchev–Trinajstić information content (AvgIpc) is 2.35. The van der Waals surface area contributed by atoms with Crippen LogP contribution in [0, 0.1) is 5.92 Å². The first-order valence-electron chi connectivity index (χ1n) is 7.40. The van der Waals surface area contributed by atoms with E-state index in [2.05, 4.69) is 54.7 Å². The maximum atomic E-state index is 4.69. The summed E-state index contributed by atoms with van der Waals surface area (Å²) in [4.78, 5) is 11.7. The zero-order valence-electron chi connectivity index (χ0n) is 12.8. The van der Waals surface area contributed by atoms with Gasteiger partial charge in [0.2, 0.25) is 0 Å². The van der Waals surface area contributed by atoms with Gasteiger partial charge in [0.25, 0.3) is 0 Å². The van der Waals surface area contributed by atoms with Crippen molar-refractivity contribution in [3.8, 4) is 0 Å². The van der Waals surface area contributed by atoms with E-state index in [0.717, 1.165) is 23.7 Å². The highest BCUT2D eigenvalue weighted by Crippen LogP contribution is 2.27. The fraction of sp³-hybridized carbons (Fsp3) is 0.529. The molecule has 0 aliphatic carbocycles. The highest BCUT2D eigenvalue weighted by Gasteiger charge is 2.23. The molecular weight excluding hydrogens is 246 g/mol. The Labute approximate surface area is 121 Å². The summed E-state index contributed by atoms with van der Waals surface area (Å²) >= 11 is 0. The van der Waals surface area contributed by atoms with Gasteiger partial charge in [-0.15, -0.1) is 0 Å². The second-order valence-electron chi connectivity index (χ2n) is 7.12. The number of likely N-dealkylation sites (tertiary alicyclic amines) is 1. The molecule has 0 bridgehead atoms. The Hall–Kier alpha value is -1.48. The molecular formula is C17H23N3. The van der Waals surface area contributed by atoms with Gasteiger partial charge in [-0.05, 0) is 23.6 Å². The molecule has 3 heteroatoms. The van der Waals surface area contributed by atoms with E-state index in [1.807, 2.05) is 12.4 Å². The maximum Gasteiger partial charge on any atom is 0.0922 e. The van der Waals surface area contributed by atoms with Crippen LogP contribution in [0.5, 0.6) is 0 Å². The summed E-state index contributed by atoms with van der Waals surface area (Å²) < 4.78 is 0. The average molecular weight is 269 g/mol. The van der Waals surface area contributed by atoms with Crippen LogP contribution in [0.15, 0.2) is 24.5 Å². The fourth-order valence-electron chi connectivity index (χ4n) is 2.96. The van der Waals surface area contributed by atoms with Crippen LogP contribution < -0.4 is 0 Å². The van der Waals surface area contributed by atoms with Crippen molar-refractivity contribution in [1.29, 1.82) is 0 Å². The summed E-state index contributed by atoms with van der Waals surface area (Å²) in [5.41, 5.74) is 3.45. The van der Waals surface area contributed by atoms with Crippen LogP contribution in [-0.2, 0) is 12.0 Å². The Morgan fingerprint density at radius 2 is 2.00 bits per heavy atom. The Kier molecular flexibility index (Phi) is 3.25. The summed E-state index contributed by atoms with van der Waals surface area (Å²) in [7, 11) is 0. The van der Waals surface area contributed by atoms with Gasteiger partial charge in [0.05, 0.1) is 11.2 Å². The highest BCUT2D eigenvalue weighted by molar-refractivity contribution is 5.81. The minimum absolute atomic E-state index is 0.0287. The topological polar surface area (TPSA) is 29.0 Å². The van der Waals surface area contributed by atoms with E-state index in [9.17, 15) is 0 Å². The van der Waals surface area contributed by atoms with E-state index in [-0.39, 0.29) is 5.41 Å². The Balaban J connectivity index is 1.92. The number of nitrogens with zero attached hydrogens (tertiary/aromatic N) is 3. The molecule has 3 heterocycles. The van der Waals surface area contributed by atoms with Crippen molar-refractivity contribution in [3.05, 3.63) is 35.8 Å². The first-order chi connectivity index (χ1) is 9.43. The zero-order chi connectivity index (χ0) is 14.3. The molecule has 1 aliphatic rings. The van der Waals surface area contributed by atoms with E-state index < -0.39 is 0 Å². The molecule has 2 aromatic heterocycles. The van der Waals surface area contributed by atoms with Crippen molar-refractivity contribution in [3.63, 3.8) is 0 Å². The number of rotatable bonds is 2. The number of hydrogen-bond acceptors (Lipinski definition) is 3. The molecule has 0 spiro atoms. The molecule has 0 unspecified atom stereocenters. The van der Waals surface area contributed by atoms with E-state index in [1.54, 1.807) is 0 Å². The van der Waals surface area contributed by atoms with Crippen LogP contribution >= 0.6 is 0 Å². The van der Waals surface area contributed by atoms with Crippen LogP contribution in [0.4, 0.5) is 0 Å². The smallest absolute Gasteiger partial charge is 0.0922 e. The van der Waals surface area contributed by atoms with Gasteiger partial charge in [0.1, 0.15) is 0 Å². The third-order valence-electron chi connectivity index (χ3n) is 3.91. The van der Waals surface area contributed by atoms with E-state index in [1.165, 1.54) is 24.0 Å². The second kappa shape index (κ2) is 4.81. The molecule has 0 atom stereocenters. The number of aromatic nitrogens is 2. The van der Waals surface area contributed by atoms with Gasteiger partial charge in [-0.1, -0.05) is 27.7 Å². The van der Waals surface area contributed by atoms with Crippen LogP contribution in [0.25, 0.3) is 10.9 Å². The summed E-state index contributed by atoms with van der Waals surface area (Å²) in [5, 5.41) is 1.20. The van der Waals surface area contributed by atoms with Crippen molar-refractivity contribution in [2.75, 3.05) is 13.1 Å². The van der Waals surface area contributed by atoms with Gasteiger partial charge in [-0.2, -0.15) is 0 Å². The molecule has 0 N–H and O–H groups in total. The third kappa shape index (κ3) is 2.55. The summed E-state index contributed by atoms with van der Waals surface area (Å²) in [6.45, 7) is 12.3. The molecule has 106 valence electrons. The van der Waals surface area contributed by atoms with Crippen LogP contribution in [-0.4, -0.2) is 28.0 Å². The van der Waals surface area contributed by atoms with E-state index in [4.69, 9.17) is 0 Å². The van der Waals surface area contributed by atoms with Crippen LogP contribution in [0.3, 0.4) is 0 Å². The zero-order valence-corrected chi connectivity index (χ0v) is 12.8. The van der Waals surface area contributed by atoms with Gasteiger partial charge >= 0.3 is 0 Å². The Morgan fingerprint density at radius 1 is 1.25 bits per heavy atom. The van der Waals surface area contributed by atoms with Crippen LogP contribution in [0.2, 0.25) is 0 Å². The monoisotopic (exact) mass is 269 g/mol. The number of pyridine rings is 2. The molecule has 2 aromatic rings. The summed E-state index contributed by atoms with van der Waals surface area (Å²) in [6, 6.07) is 4.34. The molecule has 0 amide bonds. The third-order valence-corrected chi connectivity index (χ3v) is 3.91. The van der Waals surface area contributed by atoms with Crippen molar-refractivity contribution in [2.45, 2.75) is 39.7 Å². The Morgan fingerprint density at radius 3 is 2.65 bits per heavy atom. The first kappa shape index (κ1) is 13.5. The summed E-state index contributed by atoms with van der Waals surface area (Å²) in [6.07, 6.45) is 3.92. The molecule has 3 nitrogen and oxygen atoms in total. The van der Waals surface area contributed by atoms with Gasteiger partial charge < -0.3 is 0 Å². The predicted molar refractivity (Wildman–Crippen MR) is 82.7 cm³/mol. The molecule has 20 heavy (non-hydrogen) atoms. The van der Waals surface area contributed by atoms with Crippen molar-refractivity contribution < 1.29 is 0 Å². The number of hydrogen-bond donors (Lipinski definition) is 0. The number of fused-ring (bicyclic) bond motifs is 1. The minimum atomic E-state index is 0.0287. The maximum absolute atomic E-state index is 4.69. The SMILES string of the molecule is CC1CN(Cc2cnc3c(C(C)(C)C)nccc3c2)C1. The summed E-state index contributed by atoms with van der Waals surface area (Å²) in [5.74, 6) is 0.847. The first-order valence-corrected chi connectivity index (χ1v) is 7.40.